The summed E-state index contributed by atoms with van der Waals surface area (Å²) in [6, 6.07) is 10.3. The van der Waals surface area contributed by atoms with Crippen molar-refractivity contribution in [1.29, 1.82) is 0 Å². The third-order valence-corrected chi connectivity index (χ3v) is 4.20. The molecular formula is C17H11BrN6O4. The molecule has 4 aromatic rings. The first-order valence-corrected chi connectivity index (χ1v) is 8.54. The predicted octanol–water partition coefficient (Wildman–Crippen LogP) is 4.29. The molecule has 0 amide bonds. The lowest BCUT2D eigenvalue weighted by molar-refractivity contribution is -0.390. The minimum absolute atomic E-state index is 0.150. The van der Waals surface area contributed by atoms with Crippen molar-refractivity contribution < 1.29 is 9.85 Å². The second-order valence-electron chi connectivity index (χ2n) is 5.34. The normalized spacial score (nSPS) is 10.2. The average molecular weight is 443 g/mol. The van der Waals surface area contributed by atoms with Gasteiger partial charge in [0.05, 0.1) is 5.56 Å². The molecule has 11 heteroatoms. The topological polar surface area (TPSA) is 141 Å². The van der Waals surface area contributed by atoms with Crippen LogP contribution in [0.25, 0.3) is 22.2 Å². The van der Waals surface area contributed by atoms with Crippen molar-refractivity contribution in [1.82, 2.24) is 19.9 Å². The molecule has 0 aliphatic carbocycles. The highest BCUT2D eigenvalue weighted by molar-refractivity contribution is 9.10. The van der Waals surface area contributed by atoms with E-state index in [4.69, 9.17) is 0 Å². The van der Waals surface area contributed by atoms with Crippen LogP contribution in [0.1, 0.15) is 0 Å². The van der Waals surface area contributed by atoms with Crippen LogP contribution in [0.5, 0.6) is 0 Å². The maximum atomic E-state index is 10.9. The van der Waals surface area contributed by atoms with Crippen molar-refractivity contribution in [3.05, 3.63) is 85.9 Å². The summed E-state index contributed by atoms with van der Waals surface area (Å²) >= 11 is 2.99. The Hall–Kier alpha value is -3.73. The van der Waals surface area contributed by atoms with Gasteiger partial charge in [0.2, 0.25) is 0 Å². The van der Waals surface area contributed by atoms with Crippen LogP contribution in [-0.2, 0) is 0 Å². The van der Waals surface area contributed by atoms with Gasteiger partial charge in [0, 0.05) is 23.3 Å². The maximum absolute atomic E-state index is 10.9. The number of hydrogen-bond acceptors (Lipinski definition) is 7. The Morgan fingerprint density at radius 2 is 1.61 bits per heavy atom. The molecule has 28 heavy (non-hydrogen) atoms. The number of hydrogen-bond donors (Lipinski definition) is 1. The zero-order valence-electron chi connectivity index (χ0n) is 14.0. The lowest BCUT2D eigenvalue weighted by Gasteiger charge is -2.02. The lowest BCUT2D eigenvalue weighted by atomic mass is 10.1. The highest BCUT2D eigenvalue weighted by Crippen LogP contribution is 2.28. The van der Waals surface area contributed by atoms with Crippen LogP contribution < -0.4 is 0 Å². The van der Waals surface area contributed by atoms with Gasteiger partial charge in [-0.05, 0) is 72.1 Å². The monoisotopic (exact) mass is 442 g/mol. The Labute approximate surface area is 165 Å². The van der Waals surface area contributed by atoms with Gasteiger partial charge in [-0.1, -0.05) is 0 Å². The van der Waals surface area contributed by atoms with Crippen molar-refractivity contribution in [2.45, 2.75) is 0 Å². The summed E-state index contributed by atoms with van der Waals surface area (Å²) in [4.78, 5) is 34.5. The molecule has 0 unspecified atom stereocenters. The fraction of sp³-hybridized carbons (Fsp3) is 0. The van der Waals surface area contributed by atoms with E-state index in [9.17, 15) is 20.2 Å². The number of H-pyrrole nitrogens is 1. The van der Waals surface area contributed by atoms with Crippen LogP contribution in [0.2, 0.25) is 0 Å². The molecule has 0 saturated heterocycles. The SMILES string of the molecule is O=[N+]([O-])c1ncccc1-c1cnc2[nH]ccc2c1.O=[N+]([O-])c1ncccc1Br. The van der Waals surface area contributed by atoms with Gasteiger partial charge in [0.15, 0.2) is 0 Å². The van der Waals surface area contributed by atoms with Crippen LogP contribution in [0.3, 0.4) is 0 Å². The molecular weight excluding hydrogens is 432 g/mol. The van der Waals surface area contributed by atoms with Gasteiger partial charge in [-0.3, -0.25) is 0 Å². The van der Waals surface area contributed by atoms with Gasteiger partial charge in [0.1, 0.15) is 22.5 Å². The molecule has 0 aromatic carbocycles. The molecule has 0 saturated carbocycles. The van der Waals surface area contributed by atoms with Crippen molar-refractivity contribution in [2.24, 2.45) is 0 Å². The molecule has 140 valence electrons. The van der Waals surface area contributed by atoms with Gasteiger partial charge in [0.25, 0.3) is 0 Å². The molecule has 0 bridgehead atoms. The van der Waals surface area contributed by atoms with E-state index in [1.165, 1.54) is 12.4 Å². The lowest BCUT2D eigenvalue weighted by Crippen LogP contribution is -1.95. The number of nitro groups is 2. The van der Waals surface area contributed by atoms with E-state index >= 15 is 0 Å². The first kappa shape index (κ1) is 19.0. The number of pyridine rings is 3. The number of fused-ring (bicyclic) bond motifs is 1. The number of nitrogens with one attached hydrogen (secondary N) is 1. The molecule has 0 spiro atoms. The Kier molecular flexibility index (Phi) is 5.65. The molecule has 1 N–H and O–H groups in total. The first-order chi connectivity index (χ1) is 13.5. The molecule has 4 heterocycles. The maximum Gasteiger partial charge on any atom is 0.377 e. The Morgan fingerprint density at radius 3 is 2.25 bits per heavy atom. The minimum Gasteiger partial charge on any atom is -0.358 e. The highest BCUT2D eigenvalue weighted by atomic mass is 79.9. The fourth-order valence-electron chi connectivity index (χ4n) is 2.37. The van der Waals surface area contributed by atoms with E-state index in [1.54, 1.807) is 36.7 Å². The standard InChI is InChI=1S/C12H8N4O2.C5H3BrN2O2/c17-16(18)12-10(2-1-4-14-12)9-6-8-3-5-13-11(8)15-7-9;6-4-2-1-3-7-5(4)8(9)10/h1-7H,(H,13,15);1-3H. The molecule has 4 rings (SSSR count). The molecule has 0 aliphatic heterocycles. The number of aromatic nitrogens is 4. The van der Waals surface area contributed by atoms with E-state index in [0.717, 1.165) is 11.0 Å². The highest BCUT2D eigenvalue weighted by Gasteiger charge is 2.16. The minimum atomic E-state index is -0.538. The first-order valence-electron chi connectivity index (χ1n) is 7.75. The Balaban J connectivity index is 0.000000192. The van der Waals surface area contributed by atoms with Crippen LogP contribution in [0, 0.1) is 20.2 Å². The van der Waals surface area contributed by atoms with Crippen molar-refractivity contribution in [2.75, 3.05) is 0 Å². The van der Waals surface area contributed by atoms with Crippen molar-refractivity contribution >= 4 is 38.6 Å². The number of aromatic amines is 1. The van der Waals surface area contributed by atoms with Crippen LogP contribution in [-0.4, -0.2) is 29.8 Å². The zero-order chi connectivity index (χ0) is 20.1. The third kappa shape index (κ3) is 4.15. The van der Waals surface area contributed by atoms with Crippen LogP contribution >= 0.6 is 15.9 Å². The van der Waals surface area contributed by atoms with Crippen molar-refractivity contribution in [3.8, 4) is 11.1 Å². The van der Waals surface area contributed by atoms with E-state index in [0.29, 0.717) is 15.6 Å². The van der Waals surface area contributed by atoms with E-state index in [2.05, 4.69) is 35.9 Å². The summed E-state index contributed by atoms with van der Waals surface area (Å²) in [7, 11) is 0. The molecule has 0 radical (unpaired) electrons. The second kappa shape index (κ2) is 8.31. The van der Waals surface area contributed by atoms with Gasteiger partial charge in [-0.2, -0.15) is 0 Å². The summed E-state index contributed by atoms with van der Waals surface area (Å²) in [6.07, 6.45) is 6.16. The van der Waals surface area contributed by atoms with E-state index in [1.807, 2.05) is 12.1 Å². The largest absolute Gasteiger partial charge is 0.377 e. The van der Waals surface area contributed by atoms with Gasteiger partial charge in [-0.15, -0.1) is 0 Å². The number of halogens is 1. The smallest absolute Gasteiger partial charge is 0.358 e. The van der Waals surface area contributed by atoms with Gasteiger partial charge < -0.3 is 25.2 Å². The zero-order valence-corrected chi connectivity index (χ0v) is 15.6. The second-order valence-corrected chi connectivity index (χ2v) is 6.19. The molecule has 4 aromatic heterocycles. The van der Waals surface area contributed by atoms with Crippen molar-refractivity contribution in [3.63, 3.8) is 0 Å². The summed E-state index contributed by atoms with van der Waals surface area (Å²) in [5.41, 5.74) is 1.91. The fourth-order valence-corrected chi connectivity index (χ4v) is 2.77. The summed E-state index contributed by atoms with van der Waals surface area (Å²) in [6.45, 7) is 0. The summed E-state index contributed by atoms with van der Waals surface area (Å²) in [5.74, 6) is -0.309. The molecule has 0 aliphatic rings. The quantitative estimate of drug-likeness (QED) is 0.368. The Bertz CT molecular complexity index is 1160. The third-order valence-electron chi connectivity index (χ3n) is 3.58. The van der Waals surface area contributed by atoms with E-state index in [-0.39, 0.29) is 11.6 Å². The summed E-state index contributed by atoms with van der Waals surface area (Å²) < 4.78 is 0.403. The molecule has 10 nitrogen and oxygen atoms in total. The number of nitrogens with zero attached hydrogens (tertiary/aromatic N) is 5. The van der Waals surface area contributed by atoms with Gasteiger partial charge >= 0.3 is 11.6 Å². The van der Waals surface area contributed by atoms with E-state index < -0.39 is 9.85 Å². The predicted molar refractivity (Wildman–Crippen MR) is 105 cm³/mol. The molecule has 0 fully saturated rings. The summed E-state index contributed by atoms with van der Waals surface area (Å²) in [5, 5.41) is 22.0. The van der Waals surface area contributed by atoms with Gasteiger partial charge in [-0.25, -0.2) is 4.98 Å². The van der Waals surface area contributed by atoms with Crippen LogP contribution in [0.15, 0.2) is 65.7 Å². The average Bonchev–Trinajstić information content (AvgIpc) is 3.16. The molecule has 0 atom stereocenters. The number of rotatable bonds is 3. The van der Waals surface area contributed by atoms with Crippen LogP contribution in [0.4, 0.5) is 11.6 Å². The Morgan fingerprint density at radius 1 is 0.929 bits per heavy atom.